The van der Waals surface area contributed by atoms with Gasteiger partial charge in [-0.25, -0.2) is 8.42 Å². The van der Waals surface area contributed by atoms with Crippen molar-refractivity contribution in [3.63, 3.8) is 0 Å². The Labute approximate surface area is 257 Å². The monoisotopic (exact) mass is 635 g/mol. The second-order valence-corrected chi connectivity index (χ2v) is 12.6. The SMILES string of the molecule is COc1ccc(OC)c(N(CC(=O)N(Cc2c(Cl)cccc2Cl)[C@H](C)C(=O)NC(C)C)S(=O)(=O)c2ccc(C)cc2)c1. The van der Waals surface area contributed by atoms with Crippen molar-refractivity contribution >= 4 is 50.7 Å². The van der Waals surface area contributed by atoms with Crippen molar-refractivity contribution in [1.29, 1.82) is 0 Å². The molecule has 0 bridgehead atoms. The standard InChI is InChI=1S/C30H35Cl2N3O6S/c1-19(2)33-30(37)21(4)34(17-24-25(31)8-7-9-26(24)32)29(36)18-35(27-16-22(40-5)12-15-28(27)41-6)42(38,39)23-13-10-20(3)11-14-23/h7-16,19,21H,17-18H2,1-6H3,(H,33,37)/t21-/m1/s1. The largest absolute Gasteiger partial charge is 0.497 e. The molecule has 3 aromatic rings. The van der Waals surface area contributed by atoms with Gasteiger partial charge in [-0.15, -0.1) is 0 Å². The Hall–Kier alpha value is -3.47. The van der Waals surface area contributed by atoms with Crippen molar-refractivity contribution in [2.24, 2.45) is 0 Å². The van der Waals surface area contributed by atoms with E-state index in [1.165, 1.54) is 37.3 Å². The summed E-state index contributed by atoms with van der Waals surface area (Å²) in [6.45, 7) is 6.19. The average Bonchev–Trinajstić information content (AvgIpc) is 2.94. The maximum Gasteiger partial charge on any atom is 0.264 e. The molecule has 42 heavy (non-hydrogen) atoms. The van der Waals surface area contributed by atoms with E-state index >= 15 is 0 Å². The molecule has 1 N–H and O–H groups in total. The van der Waals surface area contributed by atoms with Gasteiger partial charge in [-0.2, -0.15) is 0 Å². The maximum absolute atomic E-state index is 14.2. The Bertz CT molecular complexity index is 1510. The Morgan fingerprint density at radius 3 is 2.10 bits per heavy atom. The zero-order valence-electron chi connectivity index (χ0n) is 24.4. The highest BCUT2D eigenvalue weighted by Gasteiger charge is 2.34. The highest BCUT2D eigenvalue weighted by Crippen LogP contribution is 2.36. The fourth-order valence-corrected chi connectivity index (χ4v) is 6.12. The van der Waals surface area contributed by atoms with Crippen LogP contribution in [-0.2, 0) is 26.2 Å². The van der Waals surface area contributed by atoms with Crippen LogP contribution in [0.3, 0.4) is 0 Å². The summed E-state index contributed by atoms with van der Waals surface area (Å²) in [6, 6.07) is 14.6. The summed E-state index contributed by atoms with van der Waals surface area (Å²) in [4.78, 5) is 28.5. The number of benzene rings is 3. The maximum atomic E-state index is 14.2. The van der Waals surface area contributed by atoms with E-state index in [4.69, 9.17) is 32.7 Å². The van der Waals surface area contributed by atoms with Gasteiger partial charge >= 0.3 is 0 Å². The van der Waals surface area contributed by atoms with Gasteiger partial charge in [-0.1, -0.05) is 47.0 Å². The molecule has 0 saturated heterocycles. The van der Waals surface area contributed by atoms with E-state index in [0.29, 0.717) is 21.4 Å². The van der Waals surface area contributed by atoms with E-state index in [1.807, 2.05) is 6.92 Å². The number of halogens is 2. The van der Waals surface area contributed by atoms with Gasteiger partial charge in [0.05, 0.1) is 24.8 Å². The summed E-state index contributed by atoms with van der Waals surface area (Å²) in [5.74, 6) is -0.538. The third-order valence-corrected chi connectivity index (χ3v) is 9.01. The third-order valence-electron chi connectivity index (χ3n) is 6.53. The van der Waals surface area contributed by atoms with Crippen LogP contribution < -0.4 is 19.1 Å². The first-order valence-corrected chi connectivity index (χ1v) is 15.3. The van der Waals surface area contributed by atoms with E-state index in [9.17, 15) is 18.0 Å². The number of nitrogens with one attached hydrogen (secondary N) is 1. The van der Waals surface area contributed by atoms with E-state index in [2.05, 4.69) is 5.32 Å². The van der Waals surface area contributed by atoms with Crippen LogP contribution >= 0.6 is 23.2 Å². The van der Waals surface area contributed by atoms with Crippen molar-refractivity contribution in [3.05, 3.63) is 81.8 Å². The van der Waals surface area contributed by atoms with Crippen LogP contribution in [0.2, 0.25) is 10.0 Å². The highest BCUT2D eigenvalue weighted by molar-refractivity contribution is 7.92. The van der Waals surface area contributed by atoms with Gasteiger partial charge in [0.25, 0.3) is 10.0 Å². The number of amides is 2. The van der Waals surface area contributed by atoms with Crippen molar-refractivity contribution < 1.29 is 27.5 Å². The Kier molecular flexibility index (Phi) is 11.1. The fraction of sp³-hybridized carbons (Fsp3) is 0.333. The Balaban J connectivity index is 2.16. The number of hydrogen-bond donors (Lipinski definition) is 1. The molecule has 0 saturated carbocycles. The smallest absolute Gasteiger partial charge is 0.264 e. The average molecular weight is 637 g/mol. The predicted octanol–water partition coefficient (Wildman–Crippen LogP) is 5.46. The van der Waals surface area contributed by atoms with Crippen LogP contribution in [0.25, 0.3) is 0 Å². The Morgan fingerprint density at radius 2 is 1.55 bits per heavy atom. The molecule has 2 amide bonds. The molecular weight excluding hydrogens is 601 g/mol. The van der Waals surface area contributed by atoms with Gasteiger partial charge in [0.2, 0.25) is 11.8 Å². The number of aryl methyl sites for hydroxylation is 1. The summed E-state index contributed by atoms with van der Waals surface area (Å²) in [6.07, 6.45) is 0. The minimum atomic E-state index is -4.31. The fourth-order valence-electron chi connectivity index (χ4n) is 4.18. The number of methoxy groups -OCH3 is 2. The molecule has 0 radical (unpaired) electrons. The topological polar surface area (TPSA) is 105 Å². The molecule has 0 heterocycles. The van der Waals surface area contributed by atoms with E-state index in [1.54, 1.807) is 63.2 Å². The van der Waals surface area contributed by atoms with Gasteiger partial charge in [0.1, 0.15) is 24.1 Å². The summed E-state index contributed by atoms with van der Waals surface area (Å²) in [5.41, 5.74) is 1.37. The predicted molar refractivity (Wildman–Crippen MR) is 165 cm³/mol. The number of rotatable bonds is 12. The first kappa shape index (κ1) is 33.0. The van der Waals surface area contributed by atoms with Gasteiger partial charge in [-0.05, 0) is 64.1 Å². The molecule has 12 heteroatoms. The molecule has 0 fully saturated rings. The number of hydrogen-bond acceptors (Lipinski definition) is 6. The molecule has 0 aliphatic heterocycles. The van der Waals surface area contributed by atoms with Gasteiger partial charge in [-0.3, -0.25) is 13.9 Å². The lowest BCUT2D eigenvalue weighted by Crippen LogP contribution is -2.52. The molecule has 0 aromatic heterocycles. The molecule has 0 aliphatic carbocycles. The second kappa shape index (κ2) is 14.1. The second-order valence-electron chi connectivity index (χ2n) is 9.92. The first-order valence-electron chi connectivity index (χ1n) is 13.1. The zero-order valence-corrected chi connectivity index (χ0v) is 26.7. The van der Waals surface area contributed by atoms with Crippen LogP contribution in [0.4, 0.5) is 5.69 Å². The summed E-state index contributed by atoms with van der Waals surface area (Å²) in [5, 5.41) is 3.41. The summed E-state index contributed by atoms with van der Waals surface area (Å²) >= 11 is 12.9. The molecule has 226 valence electrons. The van der Waals surface area contributed by atoms with Crippen molar-refractivity contribution in [2.75, 3.05) is 25.1 Å². The summed E-state index contributed by atoms with van der Waals surface area (Å²) in [7, 11) is -1.47. The molecular formula is C30H35Cl2N3O6S. The van der Waals surface area contributed by atoms with Crippen molar-refractivity contribution in [2.45, 2.75) is 51.2 Å². The van der Waals surface area contributed by atoms with Crippen LogP contribution in [0, 0.1) is 6.92 Å². The van der Waals surface area contributed by atoms with E-state index in [-0.39, 0.29) is 28.9 Å². The van der Waals surface area contributed by atoms with Crippen LogP contribution in [-0.4, -0.2) is 58.0 Å². The number of anilines is 1. The minimum Gasteiger partial charge on any atom is -0.497 e. The molecule has 0 aliphatic rings. The number of ether oxygens (including phenoxy) is 2. The zero-order chi connectivity index (χ0) is 31.2. The quantitative estimate of drug-likeness (QED) is 0.283. The first-order chi connectivity index (χ1) is 19.8. The van der Waals surface area contributed by atoms with E-state index in [0.717, 1.165) is 9.87 Å². The molecule has 1 atom stereocenters. The summed E-state index contributed by atoms with van der Waals surface area (Å²) < 4.78 is 40.0. The van der Waals surface area contributed by atoms with Crippen molar-refractivity contribution in [1.82, 2.24) is 10.2 Å². The Morgan fingerprint density at radius 1 is 0.929 bits per heavy atom. The lowest BCUT2D eigenvalue weighted by atomic mass is 10.1. The third kappa shape index (κ3) is 7.67. The number of nitrogens with zero attached hydrogens (tertiary/aromatic N) is 2. The molecule has 0 unspecified atom stereocenters. The van der Waals surface area contributed by atoms with Crippen molar-refractivity contribution in [3.8, 4) is 11.5 Å². The lowest BCUT2D eigenvalue weighted by molar-refractivity contribution is -0.139. The minimum absolute atomic E-state index is 0.0305. The molecule has 3 rings (SSSR count). The van der Waals surface area contributed by atoms with Gasteiger partial charge in [0.15, 0.2) is 0 Å². The molecule has 9 nitrogen and oxygen atoms in total. The highest BCUT2D eigenvalue weighted by atomic mass is 35.5. The normalized spacial score (nSPS) is 12.0. The number of carbonyl (C=O) groups is 2. The van der Waals surface area contributed by atoms with E-state index < -0.39 is 34.4 Å². The van der Waals surface area contributed by atoms with Crippen LogP contribution in [0.5, 0.6) is 11.5 Å². The lowest BCUT2D eigenvalue weighted by Gasteiger charge is -2.33. The number of carbonyl (C=O) groups excluding carboxylic acids is 2. The molecule has 3 aromatic carbocycles. The van der Waals surface area contributed by atoms with Gasteiger partial charge < -0.3 is 19.7 Å². The molecule has 0 spiro atoms. The number of sulfonamides is 1. The van der Waals surface area contributed by atoms with Crippen LogP contribution in [0.15, 0.2) is 65.6 Å². The van der Waals surface area contributed by atoms with Crippen LogP contribution in [0.1, 0.15) is 31.9 Å². The van der Waals surface area contributed by atoms with Gasteiger partial charge in [0, 0.05) is 34.3 Å².